The van der Waals surface area contributed by atoms with Crippen LogP contribution in [-0.2, 0) is 16.1 Å². The number of benzene rings is 3. The van der Waals surface area contributed by atoms with E-state index in [1.54, 1.807) is 42.5 Å². The van der Waals surface area contributed by atoms with E-state index < -0.39 is 16.8 Å². The van der Waals surface area contributed by atoms with E-state index in [-0.39, 0.29) is 24.1 Å². The van der Waals surface area contributed by atoms with E-state index in [0.717, 1.165) is 5.06 Å². The lowest BCUT2D eigenvalue weighted by atomic mass is 10.1. The topological polar surface area (TPSA) is 89.8 Å². The summed E-state index contributed by atoms with van der Waals surface area (Å²) in [6.45, 7) is 0. The zero-order chi connectivity index (χ0) is 22.4. The lowest BCUT2D eigenvalue weighted by Gasteiger charge is -2.21. The van der Waals surface area contributed by atoms with Crippen molar-refractivity contribution < 1.29 is 19.3 Å². The van der Waals surface area contributed by atoms with Crippen LogP contribution in [0.15, 0.2) is 72.8 Å². The van der Waals surface area contributed by atoms with Gasteiger partial charge >= 0.3 is 5.97 Å². The average Bonchev–Trinajstić information content (AvgIpc) is 2.77. The molecular weight excluding hydrogens is 443 g/mol. The van der Waals surface area contributed by atoms with Crippen LogP contribution < -0.4 is 5.06 Å². The van der Waals surface area contributed by atoms with Gasteiger partial charge in [-0.05, 0) is 55.0 Å². The van der Waals surface area contributed by atoms with Crippen molar-refractivity contribution >= 4 is 46.5 Å². The second kappa shape index (κ2) is 10.1. The van der Waals surface area contributed by atoms with Crippen molar-refractivity contribution in [3.8, 4) is 0 Å². The summed E-state index contributed by atoms with van der Waals surface area (Å²) in [5, 5.41) is 12.9. The van der Waals surface area contributed by atoms with E-state index >= 15 is 0 Å². The second-order valence-corrected chi connectivity index (χ2v) is 7.30. The molecule has 0 aromatic heterocycles. The van der Waals surface area contributed by atoms with Crippen LogP contribution >= 0.6 is 23.2 Å². The molecule has 7 nitrogen and oxygen atoms in total. The Labute approximate surface area is 187 Å². The first-order chi connectivity index (χ1) is 14.8. The first-order valence-electron chi connectivity index (χ1n) is 9.14. The third-order valence-electron chi connectivity index (χ3n) is 4.32. The molecule has 0 bridgehead atoms. The second-order valence-electron chi connectivity index (χ2n) is 6.43. The number of hydroxylamine groups is 1. The highest BCUT2D eigenvalue weighted by Gasteiger charge is 2.23. The zero-order valence-electron chi connectivity index (χ0n) is 16.0. The lowest BCUT2D eigenvalue weighted by Crippen LogP contribution is -2.33. The Hall–Kier alpha value is -3.42. The summed E-state index contributed by atoms with van der Waals surface area (Å²) in [5.41, 5.74) is 0.864. The number of carbonyl (C=O) groups excluding carboxylic acids is 2. The molecule has 1 amide bonds. The fourth-order valence-electron chi connectivity index (χ4n) is 2.78. The number of anilines is 1. The molecule has 0 radical (unpaired) electrons. The molecule has 0 atom stereocenters. The minimum Gasteiger partial charge on any atom is -0.333 e. The molecule has 158 valence electrons. The van der Waals surface area contributed by atoms with Crippen molar-refractivity contribution in [2.75, 3.05) is 5.06 Å². The van der Waals surface area contributed by atoms with Crippen LogP contribution in [-0.4, -0.2) is 16.8 Å². The van der Waals surface area contributed by atoms with Gasteiger partial charge in [0.05, 0.1) is 17.0 Å². The number of nitro groups is 1. The van der Waals surface area contributed by atoms with Crippen molar-refractivity contribution in [2.24, 2.45) is 0 Å². The minimum atomic E-state index is -0.726. The fraction of sp³-hybridized carbons (Fsp3) is 0.0909. The first kappa shape index (κ1) is 22.3. The number of nitrogens with zero attached hydrogens (tertiary/aromatic N) is 2. The number of nitro benzene ring substituents is 1. The van der Waals surface area contributed by atoms with E-state index in [1.165, 1.54) is 30.3 Å². The van der Waals surface area contributed by atoms with Gasteiger partial charge in [-0.1, -0.05) is 41.4 Å². The smallest absolute Gasteiger partial charge is 0.333 e. The van der Waals surface area contributed by atoms with E-state index in [0.29, 0.717) is 21.3 Å². The number of hydrogen-bond acceptors (Lipinski definition) is 5. The van der Waals surface area contributed by atoms with Gasteiger partial charge in [-0.3, -0.25) is 14.9 Å². The summed E-state index contributed by atoms with van der Waals surface area (Å²) >= 11 is 11.8. The maximum absolute atomic E-state index is 13.0. The van der Waals surface area contributed by atoms with Gasteiger partial charge < -0.3 is 4.84 Å². The van der Waals surface area contributed by atoms with Gasteiger partial charge in [0.15, 0.2) is 0 Å². The molecule has 0 unspecified atom stereocenters. The number of hydrogen-bond donors (Lipinski definition) is 0. The highest BCUT2D eigenvalue weighted by molar-refractivity contribution is 6.31. The molecule has 0 saturated carbocycles. The van der Waals surface area contributed by atoms with E-state index in [2.05, 4.69) is 0 Å². The van der Waals surface area contributed by atoms with Crippen molar-refractivity contribution in [3.63, 3.8) is 0 Å². The standard InChI is InChI=1S/C22H16Cl2N2O5/c23-17-8-5-16(6-9-17)22(28)25(19-12-10-18(24)11-13-19)31-21(27)14-7-15-3-1-2-4-20(15)26(29)30/h1-6,8-13H,7,14H2. The number of halogens is 2. The third kappa shape index (κ3) is 5.81. The van der Waals surface area contributed by atoms with Crippen LogP contribution in [0.25, 0.3) is 0 Å². The molecule has 0 aliphatic heterocycles. The van der Waals surface area contributed by atoms with E-state index in [1.807, 2.05) is 0 Å². The Balaban J connectivity index is 1.79. The minimum absolute atomic E-state index is 0.0814. The maximum Gasteiger partial charge on any atom is 0.333 e. The van der Waals surface area contributed by atoms with E-state index in [9.17, 15) is 19.7 Å². The maximum atomic E-state index is 13.0. The van der Waals surface area contributed by atoms with Crippen LogP contribution in [0.1, 0.15) is 22.3 Å². The van der Waals surface area contributed by atoms with Crippen LogP contribution in [0, 0.1) is 10.1 Å². The van der Waals surface area contributed by atoms with Crippen LogP contribution in [0.4, 0.5) is 11.4 Å². The molecule has 0 fully saturated rings. The van der Waals surface area contributed by atoms with E-state index in [4.69, 9.17) is 28.0 Å². The van der Waals surface area contributed by atoms with Crippen molar-refractivity contribution in [2.45, 2.75) is 12.8 Å². The monoisotopic (exact) mass is 458 g/mol. The van der Waals surface area contributed by atoms with Gasteiger partial charge in [0.25, 0.3) is 11.6 Å². The molecule has 0 saturated heterocycles. The largest absolute Gasteiger partial charge is 0.333 e. The first-order valence-corrected chi connectivity index (χ1v) is 9.89. The van der Waals surface area contributed by atoms with Gasteiger partial charge in [-0.25, -0.2) is 4.79 Å². The lowest BCUT2D eigenvalue weighted by molar-refractivity contribution is -0.385. The number of para-hydroxylation sites is 1. The number of aryl methyl sites for hydroxylation is 1. The highest BCUT2D eigenvalue weighted by atomic mass is 35.5. The van der Waals surface area contributed by atoms with Crippen LogP contribution in [0.2, 0.25) is 10.0 Å². The molecule has 0 aliphatic rings. The molecule has 31 heavy (non-hydrogen) atoms. The van der Waals surface area contributed by atoms with Crippen LogP contribution in [0.3, 0.4) is 0 Å². The van der Waals surface area contributed by atoms with Crippen LogP contribution in [0.5, 0.6) is 0 Å². The van der Waals surface area contributed by atoms with Crippen molar-refractivity contribution in [1.29, 1.82) is 0 Å². The molecule has 0 heterocycles. The summed E-state index contributed by atoms with van der Waals surface area (Å²) < 4.78 is 0. The Morgan fingerprint density at radius 3 is 2.10 bits per heavy atom. The number of rotatable bonds is 6. The average molecular weight is 459 g/mol. The SMILES string of the molecule is O=C(CCc1ccccc1[N+](=O)[O-])ON(C(=O)c1ccc(Cl)cc1)c1ccc(Cl)cc1. The molecule has 0 spiro atoms. The zero-order valence-corrected chi connectivity index (χ0v) is 17.5. The Kier molecular flexibility index (Phi) is 7.23. The van der Waals surface area contributed by atoms with Gasteiger partial charge in [-0.2, -0.15) is 0 Å². The summed E-state index contributed by atoms with van der Waals surface area (Å²) in [4.78, 5) is 41.5. The molecule has 0 N–H and O–H groups in total. The summed E-state index contributed by atoms with van der Waals surface area (Å²) in [7, 11) is 0. The molecule has 3 rings (SSSR count). The Morgan fingerprint density at radius 2 is 1.48 bits per heavy atom. The molecule has 3 aromatic carbocycles. The summed E-state index contributed by atoms with van der Waals surface area (Å²) in [6, 6.07) is 18.4. The molecule has 3 aromatic rings. The number of carbonyl (C=O) groups is 2. The Morgan fingerprint density at radius 1 is 0.903 bits per heavy atom. The number of amides is 1. The molecular formula is C22H16Cl2N2O5. The molecule has 0 aliphatic carbocycles. The quantitative estimate of drug-likeness (QED) is 0.352. The highest BCUT2D eigenvalue weighted by Crippen LogP contribution is 2.23. The molecule has 9 heteroatoms. The predicted molar refractivity (Wildman–Crippen MR) is 117 cm³/mol. The Bertz CT molecular complexity index is 1100. The summed E-state index contributed by atoms with van der Waals surface area (Å²) in [6.07, 6.45) is -0.0809. The summed E-state index contributed by atoms with van der Waals surface area (Å²) in [5.74, 6) is -1.31. The fourth-order valence-corrected chi connectivity index (χ4v) is 3.03. The van der Waals surface area contributed by atoms with Crippen molar-refractivity contribution in [1.82, 2.24) is 0 Å². The van der Waals surface area contributed by atoms with Crippen molar-refractivity contribution in [3.05, 3.63) is 104 Å². The van der Waals surface area contributed by atoms with Gasteiger partial charge in [0, 0.05) is 27.2 Å². The van der Waals surface area contributed by atoms with Gasteiger partial charge in [0.1, 0.15) is 0 Å². The normalized spacial score (nSPS) is 10.4. The van der Waals surface area contributed by atoms with Gasteiger partial charge in [-0.15, -0.1) is 5.06 Å². The third-order valence-corrected chi connectivity index (χ3v) is 4.82. The van der Waals surface area contributed by atoms with Gasteiger partial charge in [0.2, 0.25) is 0 Å². The predicted octanol–water partition coefficient (Wildman–Crippen LogP) is 5.64.